The van der Waals surface area contributed by atoms with Crippen molar-refractivity contribution in [1.82, 2.24) is 0 Å². The zero-order chi connectivity index (χ0) is 30.5. The van der Waals surface area contributed by atoms with E-state index >= 15 is 0 Å². The molecule has 2 saturated heterocycles. The van der Waals surface area contributed by atoms with Crippen molar-refractivity contribution in [2.75, 3.05) is 13.2 Å². The highest BCUT2D eigenvalue weighted by Gasteiger charge is 2.47. The highest BCUT2D eigenvalue weighted by Crippen LogP contribution is 2.39. The molecule has 0 radical (unpaired) electrons. The van der Waals surface area contributed by atoms with Gasteiger partial charge in [0.15, 0.2) is 23.5 Å². The van der Waals surface area contributed by atoms with Crippen molar-refractivity contribution in [2.45, 2.75) is 55.3 Å². The normalized spacial score (nSPS) is 31.7. The first-order valence-corrected chi connectivity index (χ1v) is 12.6. The van der Waals surface area contributed by atoms with Crippen LogP contribution in [0.1, 0.15) is 0 Å². The Labute approximate surface area is 235 Å². The number of aromatic hydroxyl groups is 4. The second kappa shape index (κ2) is 11.5. The van der Waals surface area contributed by atoms with E-state index in [4.69, 9.17) is 23.4 Å². The number of phenols is 4. The molecule has 5 rings (SSSR count). The predicted molar refractivity (Wildman–Crippen MR) is 136 cm³/mol. The second-order valence-electron chi connectivity index (χ2n) is 9.85. The van der Waals surface area contributed by atoms with Gasteiger partial charge in [-0.2, -0.15) is 0 Å². The summed E-state index contributed by atoms with van der Waals surface area (Å²) >= 11 is 0. The number of fused-ring (bicyclic) bond motifs is 1. The molecule has 2 aliphatic rings. The van der Waals surface area contributed by atoms with E-state index in [1.807, 2.05) is 0 Å². The average molecular weight is 596 g/mol. The van der Waals surface area contributed by atoms with Gasteiger partial charge in [-0.1, -0.05) is 0 Å². The van der Waals surface area contributed by atoms with Gasteiger partial charge in [0.25, 0.3) is 0 Å². The summed E-state index contributed by atoms with van der Waals surface area (Å²) in [6, 6.07) is 5.23. The summed E-state index contributed by atoms with van der Waals surface area (Å²) in [5.41, 5.74) is -1.35. The molecule has 9 atom stereocenters. The van der Waals surface area contributed by atoms with E-state index in [0.717, 1.165) is 24.3 Å². The largest absolute Gasteiger partial charge is 0.508 e. The van der Waals surface area contributed by atoms with Gasteiger partial charge in [0.1, 0.15) is 65.2 Å². The zero-order valence-corrected chi connectivity index (χ0v) is 21.4. The summed E-state index contributed by atoms with van der Waals surface area (Å²) in [7, 11) is 0. The van der Waals surface area contributed by atoms with Crippen LogP contribution >= 0.6 is 0 Å². The van der Waals surface area contributed by atoms with Crippen molar-refractivity contribution in [2.24, 2.45) is 0 Å². The van der Waals surface area contributed by atoms with Crippen LogP contribution in [0, 0.1) is 0 Å². The number of aliphatic hydroxyl groups excluding tert-OH is 6. The summed E-state index contributed by atoms with van der Waals surface area (Å²) in [6.45, 7) is -0.970. The lowest BCUT2D eigenvalue weighted by Crippen LogP contribution is -2.61. The predicted octanol–water partition coefficient (Wildman–Crippen LogP) is -2.08. The van der Waals surface area contributed by atoms with Gasteiger partial charge in [-0.25, -0.2) is 0 Å². The Morgan fingerprint density at radius 3 is 2.21 bits per heavy atom. The summed E-state index contributed by atoms with van der Waals surface area (Å²) in [5, 5.41) is 101. The lowest BCUT2D eigenvalue weighted by atomic mass is 9.99. The van der Waals surface area contributed by atoms with Gasteiger partial charge in [0.05, 0.1) is 13.2 Å². The fourth-order valence-corrected chi connectivity index (χ4v) is 4.61. The smallest absolute Gasteiger partial charge is 0.239 e. The number of aliphatic hydroxyl groups is 6. The third kappa shape index (κ3) is 5.42. The summed E-state index contributed by atoms with van der Waals surface area (Å²) in [5.74, 6) is -3.33. The van der Waals surface area contributed by atoms with Crippen molar-refractivity contribution in [3.63, 3.8) is 0 Å². The molecule has 16 nitrogen and oxygen atoms in total. The van der Waals surface area contributed by atoms with Gasteiger partial charge >= 0.3 is 0 Å². The lowest BCUT2D eigenvalue weighted by Gasteiger charge is -2.41. The molecule has 10 N–H and O–H groups in total. The molecule has 228 valence electrons. The standard InChI is InChI=1S/C26H28O16/c27-9-4-12(30)16-14(5-9)40-23(8-1-2-10(28)11(29)3-8)24(19(16)34)42-26-22(37)20(35)18(33)15(41-26)7-39-25-21(36)17(32)13(31)6-38-25/h1-5,13,15,17-18,20-22,25-33,35-37H,6-7H2/t13-,15?,17-,18+,20?,21?,22?,25-,26-/m0/s1. The third-order valence-corrected chi connectivity index (χ3v) is 6.94. The van der Waals surface area contributed by atoms with Crippen LogP contribution in [0.5, 0.6) is 28.7 Å². The minimum absolute atomic E-state index is 0.0305. The number of ether oxygens (including phenoxy) is 4. The highest BCUT2D eigenvalue weighted by atomic mass is 16.7. The van der Waals surface area contributed by atoms with Gasteiger partial charge in [-0.3, -0.25) is 4.79 Å². The third-order valence-electron chi connectivity index (χ3n) is 6.94. The average Bonchev–Trinajstić information content (AvgIpc) is 2.94. The first-order valence-electron chi connectivity index (χ1n) is 12.6. The first-order chi connectivity index (χ1) is 19.9. The molecule has 0 spiro atoms. The van der Waals surface area contributed by atoms with E-state index in [-0.39, 0.29) is 17.8 Å². The molecule has 0 aliphatic carbocycles. The SMILES string of the molecule is O=c1c(O[C@@H]2OC(CO[C@@H]3OC[C@H](O)[C@H](O)C3O)[C@@H](O)C(O)C2O)c(-c2ccc(O)c(O)c2)oc2cc(O)cc(O)c12. The van der Waals surface area contributed by atoms with E-state index in [9.17, 15) is 55.9 Å². The van der Waals surface area contributed by atoms with E-state index in [1.54, 1.807) is 0 Å². The van der Waals surface area contributed by atoms with Crippen molar-refractivity contribution in [1.29, 1.82) is 0 Å². The Balaban J connectivity index is 1.48. The van der Waals surface area contributed by atoms with Crippen molar-refractivity contribution in [3.05, 3.63) is 40.6 Å². The maximum Gasteiger partial charge on any atom is 0.239 e. The van der Waals surface area contributed by atoms with Crippen LogP contribution in [0.25, 0.3) is 22.3 Å². The van der Waals surface area contributed by atoms with Crippen LogP contribution in [0.15, 0.2) is 39.5 Å². The lowest BCUT2D eigenvalue weighted by molar-refractivity contribution is -0.307. The molecule has 0 amide bonds. The molecule has 16 heteroatoms. The Bertz CT molecular complexity index is 1510. The van der Waals surface area contributed by atoms with E-state index < -0.39 is 107 Å². The Morgan fingerprint density at radius 1 is 0.786 bits per heavy atom. The van der Waals surface area contributed by atoms with Crippen LogP contribution in [0.3, 0.4) is 0 Å². The van der Waals surface area contributed by atoms with E-state index in [0.29, 0.717) is 0 Å². The molecule has 2 fully saturated rings. The molecular formula is C26H28O16. The minimum atomic E-state index is -1.96. The minimum Gasteiger partial charge on any atom is -0.508 e. The van der Waals surface area contributed by atoms with Crippen LogP contribution in [-0.2, 0) is 14.2 Å². The number of phenolic OH excluding ortho intramolecular Hbond substituents is 4. The van der Waals surface area contributed by atoms with Crippen molar-refractivity contribution < 1.29 is 74.4 Å². The van der Waals surface area contributed by atoms with E-state index in [2.05, 4.69) is 0 Å². The molecule has 4 unspecified atom stereocenters. The van der Waals surface area contributed by atoms with Gasteiger partial charge in [0, 0.05) is 17.7 Å². The second-order valence-corrected chi connectivity index (χ2v) is 9.85. The fraction of sp³-hybridized carbons (Fsp3) is 0.423. The molecule has 0 bridgehead atoms. The van der Waals surface area contributed by atoms with Crippen molar-refractivity contribution >= 4 is 11.0 Å². The van der Waals surface area contributed by atoms with Gasteiger partial charge in [-0.15, -0.1) is 0 Å². The summed E-state index contributed by atoms with van der Waals surface area (Å²) < 4.78 is 27.5. The molecular weight excluding hydrogens is 568 g/mol. The fourth-order valence-electron chi connectivity index (χ4n) is 4.61. The Hall–Kier alpha value is -3.71. The number of hydrogen-bond donors (Lipinski definition) is 10. The molecule has 3 heterocycles. The molecule has 42 heavy (non-hydrogen) atoms. The summed E-state index contributed by atoms with van der Waals surface area (Å²) in [6.07, 6.45) is -15.1. The van der Waals surface area contributed by atoms with Crippen LogP contribution in [-0.4, -0.2) is 120 Å². The Morgan fingerprint density at radius 2 is 1.50 bits per heavy atom. The quantitative estimate of drug-likeness (QED) is 0.137. The molecule has 1 aromatic heterocycles. The molecule has 0 saturated carbocycles. The maximum absolute atomic E-state index is 13.5. The highest BCUT2D eigenvalue weighted by molar-refractivity contribution is 5.88. The van der Waals surface area contributed by atoms with Crippen LogP contribution < -0.4 is 10.2 Å². The van der Waals surface area contributed by atoms with Crippen LogP contribution in [0.4, 0.5) is 0 Å². The first kappa shape index (κ1) is 29.8. The van der Waals surface area contributed by atoms with Crippen molar-refractivity contribution in [3.8, 4) is 40.1 Å². The Kier molecular flexibility index (Phi) is 8.17. The van der Waals surface area contributed by atoms with Gasteiger partial charge in [0.2, 0.25) is 17.5 Å². The maximum atomic E-state index is 13.5. The number of benzene rings is 2. The van der Waals surface area contributed by atoms with Gasteiger partial charge in [-0.05, 0) is 18.2 Å². The monoisotopic (exact) mass is 596 g/mol. The van der Waals surface area contributed by atoms with Gasteiger partial charge < -0.3 is 74.4 Å². The number of hydrogen-bond acceptors (Lipinski definition) is 16. The summed E-state index contributed by atoms with van der Waals surface area (Å²) in [4.78, 5) is 13.5. The number of rotatable bonds is 6. The molecule has 2 aliphatic heterocycles. The van der Waals surface area contributed by atoms with Crippen LogP contribution in [0.2, 0.25) is 0 Å². The topological polar surface area (TPSA) is 269 Å². The zero-order valence-electron chi connectivity index (χ0n) is 21.4. The molecule has 2 aromatic carbocycles. The van der Waals surface area contributed by atoms with E-state index in [1.165, 1.54) is 6.07 Å². The molecule has 3 aromatic rings.